The van der Waals surface area contributed by atoms with E-state index >= 15 is 0 Å². The molecule has 9 heteroatoms. The second-order valence-corrected chi connectivity index (χ2v) is 9.50. The van der Waals surface area contributed by atoms with E-state index in [-0.39, 0.29) is 16.9 Å². The fourth-order valence-electron chi connectivity index (χ4n) is 3.47. The van der Waals surface area contributed by atoms with Gasteiger partial charge in [0.2, 0.25) is 15.9 Å². The number of rotatable bonds is 5. The average molecular weight is 440 g/mol. The lowest BCUT2D eigenvalue weighted by Gasteiger charge is -2.30. The zero-order valence-corrected chi connectivity index (χ0v) is 17.3. The summed E-state index contributed by atoms with van der Waals surface area (Å²) in [5.74, 6) is -0.183. The van der Waals surface area contributed by atoms with Crippen molar-refractivity contribution >= 4 is 21.6 Å². The SMILES string of the molecule is CC1CCCN(S(=O)(=O)c2ccc(NC(=O)Cc3cccc(C(F)(F)F)c3)cc2)C1. The molecule has 0 radical (unpaired) electrons. The highest BCUT2D eigenvalue weighted by atomic mass is 32.2. The number of carbonyl (C=O) groups excluding carboxylic acids is 1. The Morgan fingerprint density at radius 1 is 1.17 bits per heavy atom. The van der Waals surface area contributed by atoms with Crippen molar-refractivity contribution in [3.05, 3.63) is 59.7 Å². The van der Waals surface area contributed by atoms with Crippen molar-refractivity contribution in [1.29, 1.82) is 0 Å². The third-order valence-corrected chi connectivity index (χ3v) is 6.89. The molecule has 2 aromatic rings. The molecule has 0 bridgehead atoms. The molecular formula is C21H23F3N2O3S. The molecule has 1 heterocycles. The second-order valence-electron chi connectivity index (χ2n) is 7.56. The minimum atomic E-state index is -4.47. The number of nitrogens with one attached hydrogen (secondary N) is 1. The van der Waals surface area contributed by atoms with Crippen molar-refractivity contribution < 1.29 is 26.4 Å². The van der Waals surface area contributed by atoms with Gasteiger partial charge < -0.3 is 5.32 Å². The van der Waals surface area contributed by atoms with Crippen LogP contribution in [0.25, 0.3) is 0 Å². The summed E-state index contributed by atoms with van der Waals surface area (Å²) >= 11 is 0. The summed E-state index contributed by atoms with van der Waals surface area (Å²) in [6.07, 6.45) is -2.87. The molecule has 0 aliphatic carbocycles. The van der Waals surface area contributed by atoms with Crippen LogP contribution >= 0.6 is 0 Å². The summed E-state index contributed by atoms with van der Waals surface area (Å²) in [6, 6.07) is 10.4. The number of hydrogen-bond acceptors (Lipinski definition) is 3. The third kappa shape index (κ3) is 5.40. The molecule has 0 saturated carbocycles. The van der Waals surface area contributed by atoms with Crippen LogP contribution in [0.4, 0.5) is 18.9 Å². The average Bonchev–Trinajstić information content (AvgIpc) is 2.68. The second kappa shape index (κ2) is 8.77. The number of hydrogen-bond donors (Lipinski definition) is 1. The summed E-state index contributed by atoms with van der Waals surface area (Å²) < 4.78 is 65.4. The van der Waals surface area contributed by atoms with E-state index < -0.39 is 27.7 Å². The van der Waals surface area contributed by atoms with Gasteiger partial charge in [-0.15, -0.1) is 0 Å². The molecule has 0 aromatic heterocycles. The number of alkyl halides is 3. The highest BCUT2D eigenvalue weighted by Gasteiger charge is 2.30. The maximum absolute atomic E-state index is 12.8. The van der Waals surface area contributed by atoms with E-state index in [9.17, 15) is 26.4 Å². The zero-order valence-electron chi connectivity index (χ0n) is 16.4. The molecular weight excluding hydrogens is 417 g/mol. The molecule has 1 aliphatic rings. The van der Waals surface area contributed by atoms with E-state index in [2.05, 4.69) is 5.32 Å². The van der Waals surface area contributed by atoms with E-state index in [0.717, 1.165) is 25.0 Å². The van der Waals surface area contributed by atoms with Crippen LogP contribution in [-0.4, -0.2) is 31.7 Å². The smallest absolute Gasteiger partial charge is 0.326 e. The lowest BCUT2D eigenvalue weighted by molar-refractivity contribution is -0.137. The maximum Gasteiger partial charge on any atom is 0.416 e. The summed E-state index contributed by atoms with van der Waals surface area (Å²) in [7, 11) is -3.59. The van der Waals surface area contributed by atoms with Crippen LogP contribution in [0.1, 0.15) is 30.9 Å². The number of anilines is 1. The first-order valence-electron chi connectivity index (χ1n) is 9.62. The van der Waals surface area contributed by atoms with Gasteiger partial charge >= 0.3 is 6.18 Å². The molecule has 2 aromatic carbocycles. The first kappa shape index (κ1) is 22.3. The lowest BCUT2D eigenvalue weighted by Crippen LogP contribution is -2.39. The molecule has 1 N–H and O–H groups in total. The van der Waals surface area contributed by atoms with Gasteiger partial charge in [0, 0.05) is 18.8 Å². The molecule has 1 atom stereocenters. The Kier molecular flexibility index (Phi) is 6.52. The monoisotopic (exact) mass is 440 g/mol. The number of sulfonamides is 1. The molecule has 3 rings (SSSR count). The van der Waals surface area contributed by atoms with E-state index in [4.69, 9.17) is 0 Å². The van der Waals surface area contributed by atoms with Crippen molar-refractivity contribution in [3.8, 4) is 0 Å². The van der Waals surface area contributed by atoms with Crippen LogP contribution < -0.4 is 5.32 Å². The van der Waals surface area contributed by atoms with E-state index in [1.54, 1.807) is 0 Å². The summed E-state index contributed by atoms with van der Waals surface area (Å²) in [4.78, 5) is 12.3. The largest absolute Gasteiger partial charge is 0.416 e. The van der Waals surface area contributed by atoms with E-state index in [1.807, 2.05) is 6.92 Å². The van der Waals surface area contributed by atoms with Crippen LogP contribution in [0.3, 0.4) is 0 Å². The van der Waals surface area contributed by atoms with Crippen LogP contribution in [-0.2, 0) is 27.4 Å². The summed E-state index contributed by atoms with van der Waals surface area (Å²) in [5.41, 5.74) is -0.201. The van der Waals surface area contributed by atoms with Crippen molar-refractivity contribution in [3.63, 3.8) is 0 Å². The molecule has 162 valence electrons. The van der Waals surface area contributed by atoms with Gasteiger partial charge in [0.25, 0.3) is 0 Å². The molecule has 5 nitrogen and oxygen atoms in total. The molecule has 1 fully saturated rings. The Labute approximate surface area is 173 Å². The van der Waals surface area contributed by atoms with Crippen molar-refractivity contribution in [2.24, 2.45) is 5.92 Å². The Balaban J connectivity index is 1.65. The first-order valence-corrected chi connectivity index (χ1v) is 11.1. The minimum absolute atomic E-state index is 0.146. The molecule has 1 amide bonds. The number of benzene rings is 2. The molecule has 0 spiro atoms. The summed E-state index contributed by atoms with van der Waals surface area (Å²) in [6.45, 7) is 2.99. The van der Waals surface area contributed by atoms with Crippen LogP contribution in [0.5, 0.6) is 0 Å². The van der Waals surface area contributed by atoms with Gasteiger partial charge in [-0.05, 0) is 54.7 Å². The molecule has 1 saturated heterocycles. The number of halogens is 3. The van der Waals surface area contributed by atoms with Crippen LogP contribution in [0.2, 0.25) is 0 Å². The maximum atomic E-state index is 12.8. The Morgan fingerprint density at radius 2 is 1.87 bits per heavy atom. The quantitative estimate of drug-likeness (QED) is 0.754. The van der Waals surface area contributed by atoms with Gasteiger partial charge in [-0.1, -0.05) is 25.1 Å². The normalized spacial score (nSPS) is 18.2. The van der Waals surface area contributed by atoms with Gasteiger partial charge in [-0.2, -0.15) is 17.5 Å². The van der Waals surface area contributed by atoms with Gasteiger partial charge in [0.05, 0.1) is 16.9 Å². The molecule has 30 heavy (non-hydrogen) atoms. The topological polar surface area (TPSA) is 66.5 Å². The van der Waals surface area contributed by atoms with Gasteiger partial charge in [-0.25, -0.2) is 8.42 Å². The number of piperidine rings is 1. The van der Waals surface area contributed by atoms with Gasteiger partial charge in [0.15, 0.2) is 0 Å². The number of nitrogens with zero attached hydrogens (tertiary/aromatic N) is 1. The lowest BCUT2D eigenvalue weighted by atomic mass is 10.0. The number of amides is 1. The highest BCUT2D eigenvalue weighted by molar-refractivity contribution is 7.89. The standard InChI is InChI=1S/C21H23F3N2O3S/c1-15-4-3-11-26(14-15)30(28,29)19-9-7-18(8-10-19)25-20(27)13-16-5-2-6-17(12-16)21(22,23)24/h2,5-10,12,15H,3-4,11,13-14H2,1H3,(H,25,27). The van der Waals surface area contributed by atoms with Crippen molar-refractivity contribution in [2.45, 2.75) is 37.3 Å². The zero-order chi connectivity index (χ0) is 21.9. The van der Waals surface area contributed by atoms with Crippen molar-refractivity contribution in [1.82, 2.24) is 4.31 Å². The number of carbonyl (C=O) groups is 1. The van der Waals surface area contributed by atoms with Crippen molar-refractivity contribution in [2.75, 3.05) is 18.4 Å². The summed E-state index contributed by atoms with van der Waals surface area (Å²) in [5, 5.41) is 2.59. The van der Waals surface area contributed by atoms with Crippen LogP contribution in [0, 0.1) is 5.92 Å². The molecule has 1 unspecified atom stereocenters. The fourth-order valence-corrected chi connectivity index (χ4v) is 5.07. The Bertz CT molecular complexity index is 1000. The van der Waals surface area contributed by atoms with E-state index in [1.165, 1.54) is 40.7 Å². The molecule has 1 aliphatic heterocycles. The van der Waals surface area contributed by atoms with E-state index in [0.29, 0.717) is 24.7 Å². The van der Waals surface area contributed by atoms with Gasteiger partial charge in [0.1, 0.15) is 0 Å². The predicted octanol–water partition coefficient (Wildman–Crippen LogP) is 4.31. The Morgan fingerprint density at radius 3 is 2.50 bits per heavy atom. The predicted molar refractivity (Wildman–Crippen MR) is 107 cm³/mol. The first-order chi connectivity index (χ1) is 14.1. The Hall–Kier alpha value is -2.39. The minimum Gasteiger partial charge on any atom is -0.326 e. The fraction of sp³-hybridized carbons (Fsp3) is 0.381. The highest BCUT2D eigenvalue weighted by Crippen LogP contribution is 2.29. The van der Waals surface area contributed by atoms with Gasteiger partial charge in [-0.3, -0.25) is 4.79 Å². The third-order valence-electron chi connectivity index (χ3n) is 5.01. The van der Waals surface area contributed by atoms with Crippen LogP contribution in [0.15, 0.2) is 53.4 Å².